The standard InChI is InChI=1S/C13H13BrN2O3S/c1-8(13-15-12(16-19-13)9-2-3-9)20(17,18)11-6-4-10(14)5-7-11/h4-9H,2-3H2,1H3/t8-/m0/s1. The van der Waals surface area contributed by atoms with Crippen LogP contribution in [-0.4, -0.2) is 18.6 Å². The molecule has 1 aliphatic rings. The Kier molecular flexibility index (Phi) is 3.41. The number of nitrogens with zero attached hydrogens (tertiary/aromatic N) is 2. The normalized spacial score (nSPS) is 17.1. The number of sulfone groups is 1. The van der Waals surface area contributed by atoms with Crippen molar-refractivity contribution in [3.63, 3.8) is 0 Å². The zero-order valence-corrected chi connectivity index (χ0v) is 13.2. The van der Waals surface area contributed by atoms with Gasteiger partial charge >= 0.3 is 0 Å². The third-order valence-electron chi connectivity index (χ3n) is 3.36. The van der Waals surface area contributed by atoms with Gasteiger partial charge < -0.3 is 4.52 Å². The van der Waals surface area contributed by atoms with Crippen LogP contribution in [0.15, 0.2) is 38.2 Å². The first-order valence-electron chi connectivity index (χ1n) is 6.31. The van der Waals surface area contributed by atoms with Gasteiger partial charge in [0.15, 0.2) is 15.7 Å². The molecule has 1 heterocycles. The summed E-state index contributed by atoms with van der Waals surface area (Å²) in [6.45, 7) is 1.57. The molecular weight excluding hydrogens is 344 g/mol. The summed E-state index contributed by atoms with van der Waals surface area (Å²) in [5.74, 6) is 1.13. The van der Waals surface area contributed by atoms with Crippen molar-refractivity contribution in [3.8, 4) is 0 Å². The minimum absolute atomic E-state index is 0.162. The van der Waals surface area contributed by atoms with Crippen molar-refractivity contribution in [2.45, 2.75) is 35.8 Å². The third-order valence-corrected chi connectivity index (χ3v) is 5.95. The van der Waals surface area contributed by atoms with Gasteiger partial charge in [-0.15, -0.1) is 0 Å². The molecule has 0 N–H and O–H groups in total. The molecule has 1 aliphatic carbocycles. The largest absolute Gasteiger partial charge is 0.338 e. The molecule has 0 spiro atoms. The van der Waals surface area contributed by atoms with Gasteiger partial charge in [-0.1, -0.05) is 21.1 Å². The van der Waals surface area contributed by atoms with Crippen LogP contribution in [0, 0.1) is 0 Å². The van der Waals surface area contributed by atoms with Gasteiger partial charge in [-0.2, -0.15) is 4.98 Å². The smallest absolute Gasteiger partial charge is 0.245 e. The Bertz CT molecular complexity index is 720. The molecule has 2 aromatic rings. The fraction of sp³-hybridized carbons (Fsp3) is 0.385. The summed E-state index contributed by atoms with van der Waals surface area (Å²) in [5, 5.41) is 3.02. The van der Waals surface area contributed by atoms with Crippen LogP contribution in [0.25, 0.3) is 0 Å². The molecular formula is C13H13BrN2O3S. The summed E-state index contributed by atoms with van der Waals surface area (Å²) < 4.78 is 30.9. The maximum absolute atomic E-state index is 12.5. The highest BCUT2D eigenvalue weighted by molar-refractivity contribution is 9.10. The molecule has 0 saturated heterocycles. The van der Waals surface area contributed by atoms with Gasteiger partial charge in [0.25, 0.3) is 0 Å². The number of aromatic nitrogens is 2. The highest BCUT2D eigenvalue weighted by Gasteiger charge is 2.33. The van der Waals surface area contributed by atoms with E-state index in [0.717, 1.165) is 17.3 Å². The second-order valence-corrected chi connectivity index (χ2v) is 8.09. The number of benzene rings is 1. The molecule has 106 valence electrons. The van der Waals surface area contributed by atoms with E-state index < -0.39 is 15.1 Å². The van der Waals surface area contributed by atoms with Gasteiger partial charge in [-0.05, 0) is 44.0 Å². The minimum atomic E-state index is -3.52. The molecule has 7 heteroatoms. The summed E-state index contributed by atoms with van der Waals surface area (Å²) >= 11 is 3.28. The maximum Gasteiger partial charge on any atom is 0.245 e. The van der Waals surface area contributed by atoms with Crippen LogP contribution < -0.4 is 0 Å². The molecule has 0 bridgehead atoms. The highest BCUT2D eigenvalue weighted by atomic mass is 79.9. The van der Waals surface area contributed by atoms with E-state index in [1.807, 2.05) is 0 Å². The molecule has 1 atom stereocenters. The lowest BCUT2D eigenvalue weighted by Gasteiger charge is -2.08. The number of rotatable bonds is 4. The van der Waals surface area contributed by atoms with Crippen LogP contribution in [0.2, 0.25) is 0 Å². The predicted octanol–water partition coefficient (Wildman–Crippen LogP) is 3.24. The second kappa shape index (κ2) is 4.96. The van der Waals surface area contributed by atoms with Crippen molar-refractivity contribution < 1.29 is 12.9 Å². The number of halogens is 1. The Morgan fingerprint density at radius 1 is 1.30 bits per heavy atom. The Labute approximate surface area is 125 Å². The summed E-state index contributed by atoms with van der Waals surface area (Å²) in [4.78, 5) is 4.46. The first-order chi connectivity index (χ1) is 9.48. The quantitative estimate of drug-likeness (QED) is 0.840. The van der Waals surface area contributed by atoms with E-state index in [4.69, 9.17) is 4.52 Å². The fourth-order valence-corrected chi connectivity index (χ4v) is 3.43. The predicted molar refractivity (Wildman–Crippen MR) is 76.0 cm³/mol. The van der Waals surface area contributed by atoms with Crippen molar-refractivity contribution in [3.05, 3.63) is 40.5 Å². The van der Waals surface area contributed by atoms with Crippen LogP contribution in [-0.2, 0) is 9.84 Å². The average molecular weight is 357 g/mol. The third kappa shape index (κ3) is 2.52. The SMILES string of the molecule is C[C@@H](c1nc(C2CC2)no1)S(=O)(=O)c1ccc(Br)cc1. The van der Waals surface area contributed by atoms with E-state index in [9.17, 15) is 8.42 Å². The van der Waals surface area contributed by atoms with E-state index in [1.165, 1.54) is 0 Å². The molecule has 1 aromatic carbocycles. The summed E-state index contributed by atoms with van der Waals surface area (Å²) in [6.07, 6.45) is 2.10. The number of hydrogen-bond donors (Lipinski definition) is 0. The van der Waals surface area contributed by atoms with Crippen molar-refractivity contribution in [2.24, 2.45) is 0 Å². The zero-order valence-electron chi connectivity index (χ0n) is 10.8. The Balaban J connectivity index is 1.90. The Morgan fingerprint density at radius 2 is 1.95 bits per heavy atom. The van der Waals surface area contributed by atoms with Gasteiger partial charge in [0, 0.05) is 10.4 Å². The van der Waals surface area contributed by atoms with Crippen LogP contribution in [0.1, 0.15) is 42.6 Å². The van der Waals surface area contributed by atoms with E-state index >= 15 is 0 Å². The molecule has 5 nitrogen and oxygen atoms in total. The first kappa shape index (κ1) is 13.8. The summed E-state index contributed by atoms with van der Waals surface area (Å²) in [5.41, 5.74) is 0. The Hall–Kier alpha value is -1.21. The molecule has 20 heavy (non-hydrogen) atoms. The molecule has 0 aliphatic heterocycles. The van der Waals surface area contributed by atoms with Crippen molar-refractivity contribution >= 4 is 25.8 Å². The van der Waals surface area contributed by atoms with E-state index in [-0.39, 0.29) is 10.8 Å². The van der Waals surface area contributed by atoms with E-state index in [1.54, 1.807) is 31.2 Å². The average Bonchev–Trinajstić information content (AvgIpc) is 3.16. The van der Waals surface area contributed by atoms with Crippen LogP contribution in [0.4, 0.5) is 0 Å². The first-order valence-corrected chi connectivity index (χ1v) is 8.65. The molecule has 0 amide bonds. The van der Waals surface area contributed by atoms with Gasteiger partial charge in [0.2, 0.25) is 5.89 Å². The summed E-state index contributed by atoms with van der Waals surface area (Å²) in [6, 6.07) is 6.52. The number of hydrogen-bond acceptors (Lipinski definition) is 5. The lowest BCUT2D eigenvalue weighted by molar-refractivity contribution is 0.371. The monoisotopic (exact) mass is 356 g/mol. The lowest BCUT2D eigenvalue weighted by Crippen LogP contribution is -2.11. The van der Waals surface area contributed by atoms with Gasteiger partial charge in [-0.25, -0.2) is 8.42 Å². The molecule has 1 aromatic heterocycles. The molecule has 0 unspecified atom stereocenters. The fourth-order valence-electron chi connectivity index (χ4n) is 1.88. The molecule has 3 rings (SSSR count). The molecule has 0 radical (unpaired) electrons. The van der Waals surface area contributed by atoms with Crippen LogP contribution >= 0.6 is 15.9 Å². The van der Waals surface area contributed by atoms with Crippen molar-refractivity contribution in [1.82, 2.24) is 10.1 Å². The van der Waals surface area contributed by atoms with Crippen LogP contribution in [0.3, 0.4) is 0 Å². The second-order valence-electron chi connectivity index (χ2n) is 4.91. The topological polar surface area (TPSA) is 73.1 Å². The van der Waals surface area contributed by atoms with E-state index in [0.29, 0.717) is 11.7 Å². The molecule has 1 saturated carbocycles. The van der Waals surface area contributed by atoms with Crippen molar-refractivity contribution in [1.29, 1.82) is 0 Å². The highest BCUT2D eigenvalue weighted by Crippen LogP contribution is 2.39. The maximum atomic E-state index is 12.5. The van der Waals surface area contributed by atoms with Crippen LogP contribution in [0.5, 0.6) is 0 Å². The minimum Gasteiger partial charge on any atom is -0.338 e. The Morgan fingerprint density at radius 3 is 2.55 bits per heavy atom. The van der Waals surface area contributed by atoms with Gasteiger partial charge in [0.1, 0.15) is 5.25 Å². The van der Waals surface area contributed by atoms with Gasteiger partial charge in [-0.3, -0.25) is 0 Å². The van der Waals surface area contributed by atoms with Crippen molar-refractivity contribution in [2.75, 3.05) is 0 Å². The van der Waals surface area contributed by atoms with Gasteiger partial charge in [0.05, 0.1) is 4.90 Å². The zero-order chi connectivity index (χ0) is 14.3. The lowest BCUT2D eigenvalue weighted by atomic mass is 10.4. The van der Waals surface area contributed by atoms with E-state index in [2.05, 4.69) is 26.1 Å². The molecule has 1 fully saturated rings. The summed E-state index contributed by atoms with van der Waals surface area (Å²) in [7, 11) is -3.52.